The largest absolute Gasteiger partial charge is 0.289 e. The minimum atomic E-state index is -3.59. The summed E-state index contributed by atoms with van der Waals surface area (Å²) in [6.45, 7) is 3.65. The Morgan fingerprint density at radius 1 is 1.14 bits per heavy atom. The molecule has 0 spiro atoms. The number of halogens is 1. The Bertz CT molecular complexity index is 1090. The van der Waals surface area contributed by atoms with Crippen molar-refractivity contribution < 1.29 is 13.2 Å². The van der Waals surface area contributed by atoms with E-state index < -0.39 is 21.0 Å². The number of carbonyl (C=O) groups is 1. The third-order valence-corrected chi connectivity index (χ3v) is 6.82. The number of anilines is 1. The van der Waals surface area contributed by atoms with Crippen molar-refractivity contribution >= 4 is 37.6 Å². The predicted molar refractivity (Wildman–Crippen MR) is 110 cm³/mol. The van der Waals surface area contributed by atoms with E-state index in [1.807, 2.05) is 24.3 Å². The highest BCUT2D eigenvalue weighted by Crippen LogP contribution is 2.21. The fourth-order valence-corrected chi connectivity index (χ4v) is 4.04. The lowest BCUT2D eigenvalue weighted by Crippen LogP contribution is -2.21. The number of nitrogens with one attached hydrogen (secondary N) is 1. The van der Waals surface area contributed by atoms with Crippen molar-refractivity contribution in [3.8, 4) is 0 Å². The molecule has 9 heteroatoms. The Morgan fingerprint density at radius 3 is 2.50 bits per heavy atom. The summed E-state index contributed by atoms with van der Waals surface area (Å²) in [6, 6.07) is 13.9. The molecule has 3 rings (SSSR count). The van der Waals surface area contributed by atoms with E-state index in [0.29, 0.717) is 6.54 Å². The van der Waals surface area contributed by atoms with E-state index >= 15 is 0 Å². The van der Waals surface area contributed by atoms with Gasteiger partial charge in [0.05, 0.1) is 22.3 Å². The Morgan fingerprint density at radius 2 is 1.82 bits per heavy atom. The molecule has 1 amide bonds. The van der Waals surface area contributed by atoms with E-state index in [4.69, 9.17) is 0 Å². The number of rotatable bonds is 6. The Labute approximate surface area is 171 Å². The maximum atomic E-state index is 12.6. The minimum absolute atomic E-state index is 0.00297. The van der Waals surface area contributed by atoms with E-state index in [0.717, 1.165) is 10.0 Å². The van der Waals surface area contributed by atoms with Crippen molar-refractivity contribution in [2.24, 2.45) is 0 Å². The second kappa shape index (κ2) is 8.24. The third kappa shape index (κ3) is 4.48. The first-order valence-electron chi connectivity index (χ1n) is 8.55. The maximum Gasteiger partial charge on any atom is 0.259 e. The Kier molecular flexibility index (Phi) is 5.95. The van der Waals surface area contributed by atoms with Gasteiger partial charge in [-0.15, -0.1) is 5.10 Å². The van der Waals surface area contributed by atoms with E-state index in [2.05, 4.69) is 31.3 Å². The van der Waals surface area contributed by atoms with Gasteiger partial charge in [0.1, 0.15) is 6.33 Å². The maximum absolute atomic E-state index is 12.6. The molecular weight excluding hydrogens is 444 g/mol. The van der Waals surface area contributed by atoms with Crippen LogP contribution in [0.2, 0.25) is 0 Å². The van der Waals surface area contributed by atoms with Gasteiger partial charge >= 0.3 is 0 Å². The van der Waals surface area contributed by atoms with Crippen LogP contribution in [0.4, 0.5) is 5.95 Å². The highest BCUT2D eigenvalue weighted by Gasteiger charge is 2.25. The van der Waals surface area contributed by atoms with Crippen LogP contribution in [0, 0.1) is 0 Å². The van der Waals surface area contributed by atoms with Crippen LogP contribution in [-0.2, 0) is 16.4 Å². The van der Waals surface area contributed by atoms with Crippen LogP contribution in [0.15, 0.2) is 64.2 Å². The molecule has 7 nitrogen and oxygen atoms in total. The third-order valence-electron chi connectivity index (χ3n) is 4.08. The van der Waals surface area contributed by atoms with Gasteiger partial charge in [-0.25, -0.2) is 18.1 Å². The zero-order chi connectivity index (χ0) is 20.3. The molecule has 146 valence electrons. The second-order valence-electron chi connectivity index (χ2n) is 6.44. The van der Waals surface area contributed by atoms with Crippen LogP contribution in [0.25, 0.3) is 0 Å². The topological polar surface area (TPSA) is 94.0 Å². The molecule has 0 aliphatic heterocycles. The van der Waals surface area contributed by atoms with Crippen molar-refractivity contribution in [1.82, 2.24) is 14.8 Å². The van der Waals surface area contributed by atoms with Gasteiger partial charge in [-0.05, 0) is 43.7 Å². The number of nitrogens with zero attached hydrogens (tertiary/aromatic N) is 3. The second-order valence-corrected chi connectivity index (χ2v) is 9.82. The summed E-state index contributed by atoms with van der Waals surface area (Å²) in [5.41, 5.74) is 1.10. The average molecular weight is 463 g/mol. The van der Waals surface area contributed by atoms with Crippen molar-refractivity contribution in [2.45, 2.75) is 30.5 Å². The fraction of sp³-hybridized carbons (Fsp3) is 0.211. The standard InChI is InChI=1S/C19H19BrN4O3S/c1-13(2)28(26,27)17-6-4-3-5-16(17)18(25)22-19-21-12-24(23-19)11-14-7-9-15(20)10-8-14/h3-10,12-13H,11H2,1-2H3,(H,22,23,25). The molecule has 0 aliphatic rings. The van der Waals surface area contributed by atoms with Gasteiger partial charge in [-0.3, -0.25) is 10.1 Å². The summed E-state index contributed by atoms with van der Waals surface area (Å²) in [7, 11) is -3.59. The highest BCUT2D eigenvalue weighted by atomic mass is 79.9. The molecule has 28 heavy (non-hydrogen) atoms. The molecule has 0 unspecified atom stereocenters. The molecule has 0 saturated carbocycles. The van der Waals surface area contributed by atoms with Gasteiger partial charge in [-0.1, -0.05) is 40.2 Å². The first-order valence-corrected chi connectivity index (χ1v) is 10.9. The first kappa shape index (κ1) is 20.2. The van der Waals surface area contributed by atoms with Gasteiger partial charge in [0.2, 0.25) is 5.95 Å². The Balaban J connectivity index is 1.78. The number of amides is 1. The summed E-state index contributed by atoms with van der Waals surface area (Å²) >= 11 is 3.39. The summed E-state index contributed by atoms with van der Waals surface area (Å²) in [5, 5.41) is 6.17. The minimum Gasteiger partial charge on any atom is -0.289 e. The molecule has 1 aromatic heterocycles. The number of hydrogen-bond acceptors (Lipinski definition) is 5. The smallest absolute Gasteiger partial charge is 0.259 e. The molecular formula is C19H19BrN4O3S. The van der Waals surface area contributed by atoms with Crippen LogP contribution in [0.3, 0.4) is 0 Å². The monoisotopic (exact) mass is 462 g/mol. The normalized spacial score (nSPS) is 11.6. The fourth-order valence-electron chi connectivity index (χ4n) is 2.53. The number of sulfone groups is 1. The van der Waals surface area contributed by atoms with Crippen LogP contribution < -0.4 is 5.32 Å². The van der Waals surface area contributed by atoms with Gasteiger partial charge in [-0.2, -0.15) is 0 Å². The van der Waals surface area contributed by atoms with E-state index in [-0.39, 0.29) is 16.4 Å². The average Bonchev–Trinajstić information content (AvgIpc) is 3.10. The number of carbonyl (C=O) groups excluding carboxylic acids is 1. The molecule has 0 radical (unpaired) electrons. The lowest BCUT2D eigenvalue weighted by molar-refractivity contribution is 0.102. The van der Waals surface area contributed by atoms with E-state index in [1.165, 1.54) is 18.5 Å². The summed E-state index contributed by atoms with van der Waals surface area (Å²) in [5.74, 6) is -0.458. The number of aromatic nitrogens is 3. The van der Waals surface area contributed by atoms with Gasteiger partial charge in [0.25, 0.3) is 5.91 Å². The molecule has 2 aromatic carbocycles. The summed E-state index contributed by atoms with van der Waals surface area (Å²) < 4.78 is 27.6. The SMILES string of the molecule is CC(C)S(=O)(=O)c1ccccc1C(=O)Nc1ncn(Cc2ccc(Br)cc2)n1. The summed E-state index contributed by atoms with van der Waals surface area (Å²) in [6.07, 6.45) is 1.51. The van der Waals surface area contributed by atoms with E-state index in [1.54, 1.807) is 30.7 Å². The quantitative estimate of drug-likeness (QED) is 0.604. The number of hydrogen-bond donors (Lipinski definition) is 1. The van der Waals surface area contributed by atoms with Crippen molar-refractivity contribution in [3.05, 3.63) is 70.5 Å². The molecule has 0 aliphatic carbocycles. The van der Waals surface area contributed by atoms with Crippen LogP contribution >= 0.6 is 15.9 Å². The zero-order valence-electron chi connectivity index (χ0n) is 15.3. The van der Waals surface area contributed by atoms with E-state index in [9.17, 15) is 13.2 Å². The number of benzene rings is 2. The van der Waals surface area contributed by atoms with Crippen LogP contribution in [0.5, 0.6) is 0 Å². The highest BCUT2D eigenvalue weighted by molar-refractivity contribution is 9.10. The Hall–Kier alpha value is -2.52. The van der Waals surface area contributed by atoms with Gasteiger partial charge in [0, 0.05) is 4.47 Å². The first-order chi connectivity index (χ1) is 13.3. The molecule has 1 N–H and O–H groups in total. The zero-order valence-corrected chi connectivity index (χ0v) is 17.7. The molecule has 1 heterocycles. The lowest BCUT2D eigenvalue weighted by Gasteiger charge is -2.12. The molecule has 0 saturated heterocycles. The molecule has 0 fully saturated rings. The van der Waals surface area contributed by atoms with Crippen molar-refractivity contribution in [3.63, 3.8) is 0 Å². The summed E-state index contributed by atoms with van der Waals surface area (Å²) in [4.78, 5) is 16.7. The van der Waals surface area contributed by atoms with Crippen LogP contribution in [-0.4, -0.2) is 34.3 Å². The van der Waals surface area contributed by atoms with Crippen molar-refractivity contribution in [2.75, 3.05) is 5.32 Å². The van der Waals surface area contributed by atoms with Gasteiger partial charge < -0.3 is 0 Å². The molecule has 3 aromatic rings. The molecule has 0 bridgehead atoms. The van der Waals surface area contributed by atoms with Gasteiger partial charge in [0.15, 0.2) is 9.84 Å². The predicted octanol–water partition coefficient (Wildman–Crippen LogP) is 3.52. The lowest BCUT2D eigenvalue weighted by atomic mass is 10.2. The van der Waals surface area contributed by atoms with Crippen molar-refractivity contribution in [1.29, 1.82) is 0 Å². The molecule has 0 atom stereocenters. The van der Waals surface area contributed by atoms with Crippen LogP contribution in [0.1, 0.15) is 29.8 Å².